The molecule has 0 radical (unpaired) electrons. The molecular formula is C19H24F2. The number of rotatable bonds is 6. The molecule has 0 bridgehead atoms. The minimum Gasteiger partial charge on any atom is -0.203 e. The molecule has 21 heavy (non-hydrogen) atoms. The van der Waals surface area contributed by atoms with E-state index in [0.29, 0.717) is 23.5 Å². The third-order valence-corrected chi connectivity index (χ3v) is 4.43. The molecule has 1 atom stereocenters. The molecule has 0 saturated carbocycles. The molecule has 0 heterocycles. The standard InChI is InChI=1S/C19H24F2/c1-3-5-6-7-14-8-10-16(11-9-14)17-13-12-15(4-2)18(20)19(17)21/h3,10,12-14H,1,4-9,11H2,2H3. The van der Waals surface area contributed by atoms with Crippen LogP contribution in [0.4, 0.5) is 8.78 Å². The van der Waals surface area contributed by atoms with Crippen LogP contribution < -0.4 is 0 Å². The summed E-state index contributed by atoms with van der Waals surface area (Å²) in [5.41, 5.74) is 1.87. The average molecular weight is 290 g/mol. The summed E-state index contributed by atoms with van der Waals surface area (Å²) in [6.07, 6.45) is 10.9. The number of hydrogen-bond acceptors (Lipinski definition) is 0. The lowest BCUT2D eigenvalue weighted by Crippen LogP contribution is -2.07. The Morgan fingerprint density at radius 3 is 2.71 bits per heavy atom. The second kappa shape index (κ2) is 7.53. The smallest absolute Gasteiger partial charge is 0.166 e. The first-order chi connectivity index (χ1) is 10.2. The van der Waals surface area contributed by atoms with E-state index in [4.69, 9.17) is 0 Å². The molecule has 114 valence electrons. The summed E-state index contributed by atoms with van der Waals surface area (Å²) < 4.78 is 28.0. The van der Waals surface area contributed by atoms with Crippen molar-refractivity contribution in [1.29, 1.82) is 0 Å². The lowest BCUT2D eigenvalue weighted by Gasteiger charge is -2.22. The van der Waals surface area contributed by atoms with Crippen LogP contribution in [0.15, 0.2) is 30.9 Å². The number of halogens is 2. The summed E-state index contributed by atoms with van der Waals surface area (Å²) in [5, 5.41) is 0. The van der Waals surface area contributed by atoms with Gasteiger partial charge in [0.25, 0.3) is 0 Å². The number of aryl methyl sites for hydroxylation is 1. The SMILES string of the molecule is C=CCCCC1CC=C(c2ccc(CC)c(F)c2F)CC1. The molecule has 1 aromatic rings. The van der Waals surface area contributed by atoms with Gasteiger partial charge in [-0.1, -0.05) is 31.2 Å². The lowest BCUT2D eigenvalue weighted by molar-refractivity contribution is 0.436. The summed E-state index contributed by atoms with van der Waals surface area (Å²) >= 11 is 0. The van der Waals surface area contributed by atoms with Crippen molar-refractivity contribution in [3.8, 4) is 0 Å². The highest BCUT2D eigenvalue weighted by Crippen LogP contribution is 2.34. The molecule has 2 heteroatoms. The van der Waals surface area contributed by atoms with Crippen LogP contribution in [0.2, 0.25) is 0 Å². The average Bonchev–Trinajstić information content (AvgIpc) is 2.51. The molecule has 0 aromatic heterocycles. The zero-order chi connectivity index (χ0) is 15.2. The minimum absolute atomic E-state index is 0.453. The lowest BCUT2D eigenvalue weighted by atomic mass is 9.83. The van der Waals surface area contributed by atoms with Crippen molar-refractivity contribution in [1.82, 2.24) is 0 Å². The molecule has 0 amide bonds. The van der Waals surface area contributed by atoms with Crippen molar-refractivity contribution >= 4 is 5.57 Å². The van der Waals surface area contributed by atoms with Gasteiger partial charge in [0.1, 0.15) is 0 Å². The summed E-state index contributed by atoms with van der Waals surface area (Å²) in [4.78, 5) is 0. The van der Waals surface area contributed by atoms with Crippen molar-refractivity contribution in [2.24, 2.45) is 5.92 Å². The van der Waals surface area contributed by atoms with E-state index in [9.17, 15) is 8.78 Å². The predicted octanol–water partition coefficient (Wildman–Crippen LogP) is 6.07. The van der Waals surface area contributed by atoms with Gasteiger partial charge < -0.3 is 0 Å². The Balaban J connectivity index is 2.07. The van der Waals surface area contributed by atoms with E-state index < -0.39 is 11.6 Å². The molecule has 1 aromatic carbocycles. The predicted molar refractivity (Wildman–Crippen MR) is 85.1 cm³/mol. The first-order valence-electron chi connectivity index (χ1n) is 7.94. The summed E-state index contributed by atoms with van der Waals surface area (Å²) in [7, 11) is 0. The molecule has 0 fully saturated rings. The maximum absolute atomic E-state index is 14.2. The molecule has 0 N–H and O–H groups in total. The summed E-state index contributed by atoms with van der Waals surface area (Å²) in [6, 6.07) is 3.45. The Morgan fingerprint density at radius 1 is 1.29 bits per heavy atom. The molecule has 0 spiro atoms. The van der Waals surface area contributed by atoms with Crippen LogP contribution in [0.1, 0.15) is 56.6 Å². The quantitative estimate of drug-likeness (QED) is 0.441. The number of unbranched alkanes of at least 4 members (excludes halogenated alkanes) is 1. The zero-order valence-corrected chi connectivity index (χ0v) is 12.8. The fourth-order valence-electron chi connectivity index (χ4n) is 3.06. The van der Waals surface area contributed by atoms with Crippen LogP contribution >= 0.6 is 0 Å². The van der Waals surface area contributed by atoms with Crippen molar-refractivity contribution in [2.45, 2.75) is 51.9 Å². The van der Waals surface area contributed by atoms with E-state index in [1.54, 1.807) is 12.1 Å². The molecule has 1 aliphatic carbocycles. The van der Waals surface area contributed by atoms with E-state index >= 15 is 0 Å². The van der Waals surface area contributed by atoms with Gasteiger partial charge in [0.2, 0.25) is 0 Å². The monoisotopic (exact) mass is 290 g/mol. The van der Waals surface area contributed by atoms with Crippen LogP contribution in [0.5, 0.6) is 0 Å². The minimum atomic E-state index is -0.677. The molecule has 0 saturated heterocycles. The topological polar surface area (TPSA) is 0 Å². The van der Waals surface area contributed by atoms with Gasteiger partial charge in [-0.15, -0.1) is 6.58 Å². The Labute approximate surface area is 126 Å². The Hall–Kier alpha value is -1.44. The first kappa shape index (κ1) is 15.9. The van der Waals surface area contributed by atoms with E-state index in [2.05, 4.69) is 12.7 Å². The fourth-order valence-corrected chi connectivity index (χ4v) is 3.06. The molecule has 1 aliphatic rings. The maximum Gasteiger partial charge on any atom is 0.166 e. The third kappa shape index (κ3) is 3.81. The highest BCUT2D eigenvalue weighted by Gasteiger charge is 2.19. The van der Waals surface area contributed by atoms with Crippen LogP contribution in [-0.2, 0) is 6.42 Å². The molecule has 0 nitrogen and oxygen atoms in total. The van der Waals surface area contributed by atoms with Gasteiger partial charge in [0.15, 0.2) is 11.6 Å². The number of hydrogen-bond donors (Lipinski definition) is 0. The zero-order valence-electron chi connectivity index (χ0n) is 12.8. The van der Waals surface area contributed by atoms with Crippen LogP contribution in [0.3, 0.4) is 0 Å². The number of allylic oxidation sites excluding steroid dienone is 3. The van der Waals surface area contributed by atoms with Gasteiger partial charge in [0.05, 0.1) is 0 Å². The summed E-state index contributed by atoms with van der Waals surface area (Å²) in [6.45, 7) is 5.58. The van der Waals surface area contributed by atoms with E-state index in [0.717, 1.165) is 31.3 Å². The van der Waals surface area contributed by atoms with Crippen LogP contribution in [0.25, 0.3) is 5.57 Å². The first-order valence-corrected chi connectivity index (χ1v) is 7.94. The van der Waals surface area contributed by atoms with Gasteiger partial charge in [-0.2, -0.15) is 0 Å². The van der Waals surface area contributed by atoms with Crippen LogP contribution in [0, 0.1) is 17.6 Å². The van der Waals surface area contributed by atoms with Gasteiger partial charge in [-0.3, -0.25) is 0 Å². The highest BCUT2D eigenvalue weighted by atomic mass is 19.2. The normalized spacial score (nSPS) is 18.4. The molecule has 0 aliphatic heterocycles. The molecule has 2 rings (SSSR count). The van der Waals surface area contributed by atoms with Gasteiger partial charge >= 0.3 is 0 Å². The Kier molecular flexibility index (Phi) is 5.72. The number of benzene rings is 1. The maximum atomic E-state index is 14.2. The molecular weight excluding hydrogens is 266 g/mol. The fraction of sp³-hybridized carbons (Fsp3) is 0.474. The second-order valence-corrected chi connectivity index (χ2v) is 5.84. The largest absolute Gasteiger partial charge is 0.203 e. The van der Waals surface area contributed by atoms with E-state index in [1.807, 2.05) is 13.0 Å². The van der Waals surface area contributed by atoms with Gasteiger partial charge in [0, 0.05) is 5.56 Å². The Bertz CT molecular complexity index is 529. The third-order valence-electron chi connectivity index (χ3n) is 4.43. The van der Waals surface area contributed by atoms with Crippen molar-refractivity contribution < 1.29 is 8.78 Å². The molecule has 1 unspecified atom stereocenters. The van der Waals surface area contributed by atoms with E-state index in [1.165, 1.54) is 12.8 Å². The van der Waals surface area contributed by atoms with Crippen molar-refractivity contribution in [3.63, 3.8) is 0 Å². The van der Waals surface area contributed by atoms with Crippen molar-refractivity contribution in [2.75, 3.05) is 0 Å². The summed E-state index contributed by atoms with van der Waals surface area (Å²) in [5.74, 6) is -0.675. The van der Waals surface area contributed by atoms with Gasteiger partial charge in [-0.25, -0.2) is 8.78 Å². The second-order valence-electron chi connectivity index (χ2n) is 5.84. The van der Waals surface area contributed by atoms with E-state index in [-0.39, 0.29) is 0 Å². The Morgan fingerprint density at radius 2 is 2.10 bits per heavy atom. The highest BCUT2D eigenvalue weighted by molar-refractivity contribution is 5.67. The van der Waals surface area contributed by atoms with Crippen molar-refractivity contribution in [3.05, 3.63) is 53.6 Å². The van der Waals surface area contributed by atoms with Gasteiger partial charge in [-0.05, 0) is 62.0 Å². The van der Waals surface area contributed by atoms with Crippen LogP contribution in [-0.4, -0.2) is 0 Å².